The van der Waals surface area contributed by atoms with Gasteiger partial charge in [-0.2, -0.15) is 0 Å². The summed E-state index contributed by atoms with van der Waals surface area (Å²) in [5.41, 5.74) is 5.17. The van der Waals surface area contributed by atoms with Crippen molar-refractivity contribution < 1.29 is 4.79 Å². The number of nitrogens with one attached hydrogen (secondary N) is 2. The van der Waals surface area contributed by atoms with E-state index in [1.54, 1.807) is 17.7 Å². The Morgan fingerprint density at radius 2 is 1.88 bits per heavy atom. The van der Waals surface area contributed by atoms with Crippen molar-refractivity contribution >= 4 is 28.7 Å². The quantitative estimate of drug-likeness (QED) is 0.728. The topological polar surface area (TPSA) is 66.9 Å². The van der Waals surface area contributed by atoms with E-state index in [0.29, 0.717) is 0 Å². The summed E-state index contributed by atoms with van der Waals surface area (Å²) in [4.78, 5) is 26.5. The van der Waals surface area contributed by atoms with Gasteiger partial charge in [0.2, 0.25) is 5.91 Å². The molecule has 2 aromatic carbocycles. The summed E-state index contributed by atoms with van der Waals surface area (Å²) in [6, 6.07) is 11.5. The van der Waals surface area contributed by atoms with E-state index in [1.165, 1.54) is 6.08 Å². The first-order valence-corrected chi connectivity index (χ1v) is 7.70. The maximum absolute atomic E-state index is 12.2. The van der Waals surface area contributed by atoms with Gasteiger partial charge < -0.3 is 10.3 Å². The van der Waals surface area contributed by atoms with E-state index in [9.17, 15) is 9.59 Å². The largest absolute Gasteiger partial charge is 0.326 e. The van der Waals surface area contributed by atoms with Gasteiger partial charge in [-0.15, -0.1) is 0 Å². The maximum atomic E-state index is 12.2. The van der Waals surface area contributed by atoms with Gasteiger partial charge in [0.05, 0.1) is 11.0 Å². The molecule has 0 radical (unpaired) electrons. The number of fused-ring (bicyclic) bond motifs is 1. The predicted octanol–water partition coefficient (Wildman–Crippen LogP) is 3.14. The second-order valence-corrected chi connectivity index (χ2v) is 5.86. The van der Waals surface area contributed by atoms with Crippen LogP contribution < -0.4 is 11.0 Å². The highest BCUT2D eigenvalue weighted by molar-refractivity contribution is 6.03. The Kier molecular flexibility index (Phi) is 4.08. The number of amides is 1. The third kappa shape index (κ3) is 3.01. The first-order chi connectivity index (χ1) is 11.5. The molecule has 0 aliphatic heterocycles. The number of hydrogen-bond donors (Lipinski definition) is 2. The SMILES string of the molecule is Cc1cccc(C)c1NC(=O)/C=C/c1ccc2c(c1)[nH]c(=O)n2C. The van der Waals surface area contributed by atoms with Crippen molar-refractivity contribution in [3.05, 3.63) is 69.6 Å². The van der Waals surface area contributed by atoms with Crippen LogP contribution >= 0.6 is 0 Å². The lowest BCUT2D eigenvalue weighted by Crippen LogP contribution is -2.11. The van der Waals surface area contributed by atoms with Crippen LogP contribution in [0.2, 0.25) is 0 Å². The fourth-order valence-corrected chi connectivity index (χ4v) is 2.71. The van der Waals surface area contributed by atoms with E-state index < -0.39 is 0 Å². The van der Waals surface area contributed by atoms with E-state index >= 15 is 0 Å². The molecule has 0 bridgehead atoms. The molecule has 1 aromatic heterocycles. The summed E-state index contributed by atoms with van der Waals surface area (Å²) < 4.78 is 1.55. The molecule has 1 amide bonds. The lowest BCUT2D eigenvalue weighted by Gasteiger charge is -2.09. The molecule has 3 aromatic rings. The highest BCUT2D eigenvalue weighted by Gasteiger charge is 2.05. The van der Waals surface area contributed by atoms with Crippen molar-refractivity contribution in [3.8, 4) is 0 Å². The number of anilines is 1. The molecule has 0 unspecified atom stereocenters. The molecule has 2 N–H and O–H groups in total. The number of para-hydroxylation sites is 1. The zero-order chi connectivity index (χ0) is 17.3. The molecule has 0 aliphatic carbocycles. The van der Waals surface area contributed by atoms with Crippen molar-refractivity contribution in [3.63, 3.8) is 0 Å². The van der Waals surface area contributed by atoms with Crippen molar-refractivity contribution in [2.75, 3.05) is 5.32 Å². The van der Waals surface area contributed by atoms with Crippen LogP contribution in [0.4, 0.5) is 5.69 Å². The van der Waals surface area contributed by atoms with Crippen LogP contribution in [0.1, 0.15) is 16.7 Å². The van der Waals surface area contributed by atoms with Crippen LogP contribution in [0.3, 0.4) is 0 Å². The van der Waals surface area contributed by atoms with Gasteiger partial charge in [-0.3, -0.25) is 9.36 Å². The highest BCUT2D eigenvalue weighted by atomic mass is 16.1. The van der Waals surface area contributed by atoms with Gasteiger partial charge in [0.15, 0.2) is 0 Å². The molecule has 0 atom stereocenters. The molecule has 0 fully saturated rings. The second-order valence-electron chi connectivity index (χ2n) is 5.86. The number of carbonyl (C=O) groups is 1. The lowest BCUT2D eigenvalue weighted by molar-refractivity contribution is -0.111. The summed E-state index contributed by atoms with van der Waals surface area (Å²) >= 11 is 0. The normalized spacial score (nSPS) is 11.3. The first kappa shape index (κ1) is 15.8. The summed E-state index contributed by atoms with van der Waals surface area (Å²) in [6.07, 6.45) is 3.22. The molecule has 122 valence electrons. The van der Waals surface area contributed by atoms with Gasteiger partial charge in [-0.25, -0.2) is 4.79 Å². The average molecular weight is 321 g/mol. The number of hydrogen-bond acceptors (Lipinski definition) is 2. The predicted molar refractivity (Wildman–Crippen MR) is 97.1 cm³/mol. The molecule has 0 spiro atoms. The standard InChI is InChI=1S/C19H19N3O2/c1-12-5-4-6-13(2)18(12)21-17(23)10-8-14-7-9-16-15(11-14)20-19(24)22(16)3/h4-11H,1-3H3,(H,20,24)(H,21,23)/b10-8+. The van der Waals surface area contributed by atoms with E-state index in [4.69, 9.17) is 0 Å². The Labute approximate surface area is 139 Å². The van der Waals surface area contributed by atoms with E-state index in [1.807, 2.05) is 50.2 Å². The van der Waals surface area contributed by atoms with Gasteiger partial charge in [0, 0.05) is 18.8 Å². The molecule has 0 saturated carbocycles. The van der Waals surface area contributed by atoms with Crippen LogP contribution in [0, 0.1) is 13.8 Å². The molecule has 5 heteroatoms. The van der Waals surface area contributed by atoms with Gasteiger partial charge >= 0.3 is 5.69 Å². The number of aryl methyl sites for hydroxylation is 3. The zero-order valence-electron chi connectivity index (χ0n) is 13.9. The lowest BCUT2D eigenvalue weighted by atomic mass is 10.1. The maximum Gasteiger partial charge on any atom is 0.326 e. The number of H-pyrrole nitrogens is 1. The van der Waals surface area contributed by atoms with Crippen molar-refractivity contribution in [1.82, 2.24) is 9.55 Å². The summed E-state index contributed by atoms with van der Waals surface area (Å²) in [5.74, 6) is -0.186. The van der Waals surface area contributed by atoms with Crippen LogP contribution in [-0.4, -0.2) is 15.5 Å². The molecular weight excluding hydrogens is 302 g/mol. The number of imidazole rings is 1. The van der Waals surface area contributed by atoms with Gasteiger partial charge in [0.1, 0.15) is 0 Å². The Balaban J connectivity index is 1.80. The number of carbonyl (C=O) groups excluding carboxylic acids is 1. The summed E-state index contributed by atoms with van der Waals surface area (Å²) in [5, 5.41) is 2.91. The van der Waals surface area contributed by atoms with E-state index in [-0.39, 0.29) is 11.6 Å². The van der Waals surface area contributed by atoms with Crippen molar-refractivity contribution in [2.24, 2.45) is 7.05 Å². The molecule has 0 saturated heterocycles. The zero-order valence-corrected chi connectivity index (χ0v) is 13.9. The van der Waals surface area contributed by atoms with Gasteiger partial charge in [0.25, 0.3) is 0 Å². The molecule has 0 aliphatic rings. The third-order valence-corrected chi connectivity index (χ3v) is 4.08. The van der Waals surface area contributed by atoms with Crippen LogP contribution in [0.5, 0.6) is 0 Å². The Hall–Kier alpha value is -3.08. The molecule has 24 heavy (non-hydrogen) atoms. The van der Waals surface area contributed by atoms with E-state index in [2.05, 4.69) is 10.3 Å². The number of benzene rings is 2. The Bertz CT molecular complexity index is 989. The van der Waals surface area contributed by atoms with E-state index in [0.717, 1.165) is 33.4 Å². The molecule has 5 nitrogen and oxygen atoms in total. The minimum absolute atomic E-state index is 0.154. The highest BCUT2D eigenvalue weighted by Crippen LogP contribution is 2.19. The molecule has 1 heterocycles. The second kappa shape index (κ2) is 6.20. The van der Waals surface area contributed by atoms with Gasteiger partial charge in [-0.1, -0.05) is 24.3 Å². The number of aromatic nitrogens is 2. The van der Waals surface area contributed by atoms with Crippen LogP contribution in [0.15, 0.2) is 47.3 Å². The Morgan fingerprint density at radius 3 is 2.58 bits per heavy atom. The van der Waals surface area contributed by atoms with Gasteiger partial charge in [-0.05, 0) is 48.7 Å². The minimum atomic E-state index is -0.186. The number of rotatable bonds is 3. The van der Waals surface area contributed by atoms with Crippen LogP contribution in [0.25, 0.3) is 17.1 Å². The molecule has 3 rings (SSSR count). The smallest absolute Gasteiger partial charge is 0.322 e. The number of nitrogens with zero attached hydrogens (tertiary/aromatic N) is 1. The monoisotopic (exact) mass is 321 g/mol. The van der Waals surface area contributed by atoms with Crippen molar-refractivity contribution in [1.29, 1.82) is 0 Å². The molecular formula is C19H19N3O2. The Morgan fingerprint density at radius 1 is 1.17 bits per heavy atom. The number of aromatic amines is 1. The fourth-order valence-electron chi connectivity index (χ4n) is 2.71. The third-order valence-electron chi connectivity index (χ3n) is 4.08. The first-order valence-electron chi connectivity index (χ1n) is 7.70. The fraction of sp³-hybridized carbons (Fsp3) is 0.158. The van der Waals surface area contributed by atoms with Crippen molar-refractivity contribution in [2.45, 2.75) is 13.8 Å². The van der Waals surface area contributed by atoms with Crippen LogP contribution in [-0.2, 0) is 11.8 Å². The summed E-state index contributed by atoms with van der Waals surface area (Å²) in [6.45, 7) is 3.93. The minimum Gasteiger partial charge on any atom is -0.322 e. The summed E-state index contributed by atoms with van der Waals surface area (Å²) in [7, 11) is 1.72. The average Bonchev–Trinajstić information content (AvgIpc) is 2.83.